The van der Waals surface area contributed by atoms with Gasteiger partial charge in [0.15, 0.2) is 0 Å². The van der Waals surface area contributed by atoms with Gasteiger partial charge in [-0.25, -0.2) is 8.42 Å². The molecule has 0 fully saturated rings. The van der Waals surface area contributed by atoms with Crippen LogP contribution in [0.25, 0.3) is 0 Å². The molecule has 0 aliphatic carbocycles. The van der Waals surface area contributed by atoms with Crippen LogP contribution in [0.5, 0.6) is 5.75 Å². The normalized spacial score (nSPS) is 18.2. The lowest BCUT2D eigenvalue weighted by Crippen LogP contribution is -2.51. The van der Waals surface area contributed by atoms with E-state index in [1.807, 2.05) is 24.3 Å². The summed E-state index contributed by atoms with van der Waals surface area (Å²) in [7, 11) is -3.80. The Morgan fingerprint density at radius 1 is 1.19 bits per heavy atom. The van der Waals surface area contributed by atoms with Gasteiger partial charge in [0.25, 0.3) is 0 Å². The number of nitrogens with one attached hydrogen (secondary N) is 1. The third-order valence-corrected chi connectivity index (χ3v) is 7.67. The third kappa shape index (κ3) is 5.16. The van der Waals surface area contributed by atoms with Crippen LogP contribution < -0.4 is 14.4 Å². The van der Waals surface area contributed by atoms with E-state index in [2.05, 4.69) is 19.2 Å². The minimum absolute atomic E-state index is 0.233. The van der Waals surface area contributed by atoms with Crippen LogP contribution in [0.4, 0.5) is 5.69 Å². The van der Waals surface area contributed by atoms with E-state index in [1.165, 1.54) is 18.2 Å². The highest BCUT2D eigenvalue weighted by molar-refractivity contribution is 7.92. The van der Waals surface area contributed by atoms with Crippen molar-refractivity contribution in [2.24, 2.45) is 0 Å². The van der Waals surface area contributed by atoms with E-state index in [4.69, 9.17) is 27.9 Å². The summed E-state index contributed by atoms with van der Waals surface area (Å²) in [6.07, 6.45) is 3.22. The number of para-hydroxylation sites is 1. The van der Waals surface area contributed by atoms with Crippen molar-refractivity contribution in [1.82, 2.24) is 5.32 Å². The van der Waals surface area contributed by atoms with Gasteiger partial charge in [-0.15, -0.1) is 0 Å². The van der Waals surface area contributed by atoms with Crippen LogP contribution in [0.15, 0.2) is 42.5 Å². The number of fused-ring (bicyclic) bond motifs is 1. The number of anilines is 1. The fraction of sp³-hybridized carbons (Fsp3) is 0.435. The third-order valence-electron chi connectivity index (χ3n) is 5.99. The molecule has 1 amide bonds. The van der Waals surface area contributed by atoms with Gasteiger partial charge in [0, 0.05) is 22.0 Å². The highest BCUT2D eigenvalue weighted by atomic mass is 35.5. The first-order valence-electron chi connectivity index (χ1n) is 10.5. The number of rotatable bonds is 7. The van der Waals surface area contributed by atoms with Gasteiger partial charge in [-0.2, -0.15) is 0 Å². The SMILES string of the molecule is CCC1(CC)C[C@@H](NC(=O)[C@H](C)N(c2cc(Cl)cc(Cl)c2)S(C)(=O)=O)c2ccccc2O1. The van der Waals surface area contributed by atoms with Crippen molar-refractivity contribution in [1.29, 1.82) is 0 Å². The largest absolute Gasteiger partial charge is 0.487 e. The predicted octanol–water partition coefficient (Wildman–Crippen LogP) is 5.35. The molecule has 1 N–H and O–H groups in total. The molecule has 3 rings (SSSR count). The molecule has 0 unspecified atom stereocenters. The van der Waals surface area contributed by atoms with Gasteiger partial charge in [0.2, 0.25) is 15.9 Å². The average Bonchev–Trinajstić information content (AvgIpc) is 2.71. The molecule has 1 aliphatic rings. The summed E-state index contributed by atoms with van der Waals surface area (Å²) in [6.45, 7) is 5.67. The van der Waals surface area contributed by atoms with E-state index in [1.54, 1.807) is 6.92 Å². The highest BCUT2D eigenvalue weighted by Crippen LogP contribution is 2.42. The Morgan fingerprint density at radius 2 is 1.78 bits per heavy atom. The van der Waals surface area contributed by atoms with Gasteiger partial charge in [-0.3, -0.25) is 9.10 Å². The summed E-state index contributed by atoms with van der Waals surface area (Å²) < 4.78 is 32.6. The van der Waals surface area contributed by atoms with E-state index in [-0.39, 0.29) is 21.8 Å². The molecule has 0 radical (unpaired) electrons. The molecule has 0 saturated heterocycles. The molecule has 6 nitrogen and oxygen atoms in total. The Balaban J connectivity index is 1.93. The smallest absolute Gasteiger partial charge is 0.244 e. The van der Waals surface area contributed by atoms with Crippen LogP contribution >= 0.6 is 23.2 Å². The van der Waals surface area contributed by atoms with Crippen LogP contribution in [-0.2, 0) is 14.8 Å². The van der Waals surface area contributed by atoms with E-state index < -0.39 is 27.6 Å². The van der Waals surface area contributed by atoms with Gasteiger partial charge in [0.1, 0.15) is 17.4 Å². The number of hydrogen-bond donors (Lipinski definition) is 1. The molecular weight excluding hydrogens is 471 g/mol. The standard InChI is InChI=1S/C23H28Cl2N2O4S/c1-5-23(6-2)14-20(19-9-7-8-10-21(19)31-23)26-22(28)15(3)27(32(4,29)30)18-12-16(24)11-17(25)13-18/h7-13,15,20H,5-6,14H2,1-4H3,(H,26,28)/t15-,20+/m0/s1. The lowest BCUT2D eigenvalue weighted by Gasteiger charge is -2.42. The number of nitrogens with zero attached hydrogens (tertiary/aromatic N) is 1. The monoisotopic (exact) mass is 498 g/mol. The molecule has 174 valence electrons. The second kappa shape index (κ2) is 9.49. The van der Waals surface area contributed by atoms with Gasteiger partial charge in [0.05, 0.1) is 18.0 Å². The topological polar surface area (TPSA) is 75.7 Å². The van der Waals surface area contributed by atoms with Crippen LogP contribution in [0.1, 0.15) is 51.6 Å². The zero-order valence-corrected chi connectivity index (χ0v) is 20.9. The number of ether oxygens (including phenoxy) is 1. The second-order valence-electron chi connectivity index (χ2n) is 8.16. The van der Waals surface area contributed by atoms with Crippen molar-refractivity contribution in [3.8, 4) is 5.75 Å². The molecule has 0 spiro atoms. The summed E-state index contributed by atoms with van der Waals surface area (Å²) in [5, 5.41) is 3.62. The van der Waals surface area contributed by atoms with Crippen molar-refractivity contribution < 1.29 is 17.9 Å². The maximum atomic E-state index is 13.3. The lowest BCUT2D eigenvalue weighted by atomic mass is 9.83. The number of amides is 1. The minimum Gasteiger partial charge on any atom is -0.487 e. The molecule has 0 aromatic heterocycles. The molecule has 0 bridgehead atoms. The van der Waals surface area contributed by atoms with Crippen molar-refractivity contribution in [3.05, 3.63) is 58.1 Å². The molecule has 9 heteroatoms. The van der Waals surface area contributed by atoms with E-state index >= 15 is 0 Å². The Bertz CT molecular complexity index is 1080. The van der Waals surface area contributed by atoms with Gasteiger partial charge in [-0.1, -0.05) is 55.2 Å². The molecule has 2 atom stereocenters. The number of benzene rings is 2. The van der Waals surface area contributed by atoms with E-state index in [0.29, 0.717) is 6.42 Å². The number of halogens is 2. The highest BCUT2D eigenvalue weighted by Gasteiger charge is 2.40. The van der Waals surface area contributed by atoms with E-state index in [0.717, 1.165) is 34.7 Å². The Labute approximate surface area is 199 Å². The van der Waals surface area contributed by atoms with Crippen LogP contribution in [-0.4, -0.2) is 32.2 Å². The first-order chi connectivity index (χ1) is 15.0. The molecule has 1 aliphatic heterocycles. The Morgan fingerprint density at radius 3 is 2.34 bits per heavy atom. The zero-order valence-electron chi connectivity index (χ0n) is 18.6. The first kappa shape index (κ1) is 24.7. The second-order valence-corrected chi connectivity index (χ2v) is 10.9. The van der Waals surface area contributed by atoms with Crippen molar-refractivity contribution in [3.63, 3.8) is 0 Å². The number of sulfonamides is 1. The first-order valence-corrected chi connectivity index (χ1v) is 13.1. The Hall–Kier alpha value is -1.96. The quantitative estimate of drug-likeness (QED) is 0.558. The minimum atomic E-state index is -3.80. The molecule has 0 saturated carbocycles. The van der Waals surface area contributed by atoms with Crippen molar-refractivity contribution in [2.45, 2.75) is 57.7 Å². The maximum Gasteiger partial charge on any atom is 0.244 e. The molecule has 1 heterocycles. The van der Waals surface area contributed by atoms with Gasteiger partial charge >= 0.3 is 0 Å². The molecule has 32 heavy (non-hydrogen) atoms. The zero-order chi connectivity index (χ0) is 23.7. The molecular formula is C23H28Cl2N2O4S. The Kier molecular flexibility index (Phi) is 7.32. The van der Waals surface area contributed by atoms with Crippen LogP contribution in [0.2, 0.25) is 10.0 Å². The average molecular weight is 499 g/mol. The summed E-state index contributed by atoms with van der Waals surface area (Å²) >= 11 is 12.2. The van der Waals surface area contributed by atoms with Gasteiger partial charge in [-0.05, 0) is 44.0 Å². The van der Waals surface area contributed by atoms with Crippen molar-refractivity contribution in [2.75, 3.05) is 10.6 Å². The molecule has 2 aromatic rings. The van der Waals surface area contributed by atoms with E-state index in [9.17, 15) is 13.2 Å². The van der Waals surface area contributed by atoms with Gasteiger partial charge < -0.3 is 10.1 Å². The molecule has 2 aromatic carbocycles. The summed E-state index contributed by atoms with van der Waals surface area (Å²) in [5.74, 6) is 0.316. The fourth-order valence-corrected chi connectivity index (χ4v) is 5.87. The van der Waals surface area contributed by atoms with Crippen LogP contribution in [0, 0.1) is 0 Å². The number of carbonyl (C=O) groups excluding carboxylic acids is 1. The summed E-state index contributed by atoms with van der Waals surface area (Å²) in [4.78, 5) is 13.3. The summed E-state index contributed by atoms with van der Waals surface area (Å²) in [5.41, 5.74) is 0.714. The van der Waals surface area contributed by atoms with Crippen LogP contribution in [0.3, 0.4) is 0 Å². The lowest BCUT2D eigenvalue weighted by molar-refractivity contribution is -0.123. The van der Waals surface area contributed by atoms with Crippen molar-refractivity contribution >= 4 is 44.8 Å². The number of carbonyl (C=O) groups is 1. The summed E-state index contributed by atoms with van der Waals surface area (Å²) in [6, 6.07) is 10.7. The maximum absolute atomic E-state index is 13.3. The fourth-order valence-electron chi connectivity index (χ4n) is 4.20. The predicted molar refractivity (Wildman–Crippen MR) is 129 cm³/mol. The number of hydrogen-bond acceptors (Lipinski definition) is 4.